The third kappa shape index (κ3) is 6.13. The van der Waals surface area contributed by atoms with Gasteiger partial charge in [-0.1, -0.05) is 45.0 Å². The molecule has 0 heterocycles. The summed E-state index contributed by atoms with van der Waals surface area (Å²) in [5.74, 6) is -0.465. The molecule has 5 nitrogen and oxygen atoms in total. The monoisotopic (exact) mass is 367 g/mol. The maximum absolute atomic E-state index is 12.2. The van der Waals surface area contributed by atoms with Gasteiger partial charge in [0.2, 0.25) is 5.91 Å². The lowest BCUT2D eigenvalue weighted by Gasteiger charge is -2.19. The summed E-state index contributed by atoms with van der Waals surface area (Å²) in [6.07, 6.45) is 0. The van der Waals surface area contributed by atoms with Crippen molar-refractivity contribution in [1.82, 2.24) is 10.6 Å². The first-order chi connectivity index (χ1) is 12.7. The van der Waals surface area contributed by atoms with Crippen LogP contribution in [0.15, 0.2) is 48.5 Å². The summed E-state index contributed by atoms with van der Waals surface area (Å²) in [5.41, 5.74) is 3.87. The predicted molar refractivity (Wildman–Crippen MR) is 110 cm³/mol. The first kappa shape index (κ1) is 20.5. The van der Waals surface area contributed by atoms with Crippen LogP contribution in [0.4, 0.5) is 5.69 Å². The molecule has 5 heteroatoms. The summed E-state index contributed by atoms with van der Waals surface area (Å²) in [6, 6.07) is 15.4. The maximum atomic E-state index is 12.2. The van der Waals surface area contributed by atoms with E-state index in [4.69, 9.17) is 0 Å². The van der Waals surface area contributed by atoms with Crippen molar-refractivity contribution in [3.63, 3.8) is 0 Å². The van der Waals surface area contributed by atoms with Crippen molar-refractivity contribution in [3.8, 4) is 0 Å². The number of anilines is 1. The Balaban J connectivity index is 1.80. The fourth-order valence-corrected chi connectivity index (χ4v) is 2.56. The fourth-order valence-electron chi connectivity index (χ4n) is 2.56. The maximum Gasteiger partial charge on any atom is 0.251 e. The Bertz CT molecular complexity index is 773. The van der Waals surface area contributed by atoms with Gasteiger partial charge in [0.05, 0.1) is 6.54 Å². The number of hydrogen-bond acceptors (Lipinski definition) is 3. The highest BCUT2D eigenvalue weighted by molar-refractivity contribution is 5.96. The summed E-state index contributed by atoms with van der Waals surface area (Å²) in [7, 11) is 3.96. The zero-order chi connectivity index (χ0) is 20.0. The van der Waals surface area contributed by atoms with E-state index >= 15 is 0 Å². The molecule has 0 unspecified atom stereocenters. The van der Waals surface area contributed by atoms with Gasteiger partial charge in [-0.25, -0.2) is 0 Å². The van der Waals surface area contributed by atoms with E-state index in [-0.39, 0.29) is 23.8 Å². The first-order valence-corrected chi connectivity index (χ1v) is 9.08. The molecule has 2 aromatic carbocycles. The van der Waals surface area contributed by atoms with Crippen molar-refractivity contribution in [2.24, 2.45) is 0 Å². The molecule has 2 amide bonds. The Morgan fingerprint density at radius 1 is 0.889 bits per heavy atom. The van der Waals surface area contributed by atoms with E-state index in [1.54, 1.807) is 12.1 Å². The minimum Gasteiger partial charge on any atom is -0.378 e. The van der Waals surface area contributed by atoms with Crippen molar-refractivity contribution < 1.29 is 9.59 Å². The van der Waals surface area contributed by atoms with Crippen LogP contribution in [-0.4, -0.2) is 32.5 Å². The van der Waals surface area contributed by atoms with Crippen LogP contribution in [0.2, 0.25) is 0 Å². The quantitative estimate of drug-likeness (QED) is 0.825. The lowest BCUT2D eigenvalue weighted by molar-refractivity contribution is -0.120. The molecule has 0 bridgehead atoms. The topological polar surface area (TPSA) is 61.4 Å². The standard InChI is InChI=1S/C22H29N3O2/c1-22(2,3)18-10-8-17(9-11-18)21(27)24-15-20(26)23-14-16-6-12-19(13-7-16)25(4)5/h6-13H,14-15H2,1-5H3,(H,23,26)(H,24,27). The van der Waals surface area contributed by atoms with Crippen LogP contribution >= 0.6 is 0 Å². The number of nitrogens with one attached hydrogen (secondary N) is 2. The van der Waals surface area contributed by atoms with Gasteiger partial charge in [-0.3, -0.25) is 9.59 Å². The lowest BCUT2D eigenvalue weighted by Crippen LogP contribution is -2.36. The zero-order valence-corrected chi connectivity index (χ0v) is 16.8. The Labute approximate surface area is 161 Å². The molecule has 0 spiro atoms. The van der Waals surface area contributed by atoms with Gasteiger partial charge in [0.1, 0.15) is 0 Å². The van der Waals surface area contributed by atoms with Gasteiger partial charge < -0.3 is 15.5 Å². The van der Waals surface area contributed by atoms with Gasteiger partial charge in [-0.05, 0) is 40.8 Å². The Hall–Kier alpha value is -2.82. The second-order valence-corrected chi connectivity index (χ2v) is 7.85. The molecular weight excluding hydrogens is 338 g/mol. The van der Waals surface area contributed by atoms with Gasteiger partial charge in [-0.2, -0.15) is 0 Å². The molecule has 0 aliphatic carbocycles. The third-order valence-corrected chi connectivity index (χ3v) is 4.37. The van der Waals surface area contributed by atoms with Crippen LogP contribution in [0.3, 0.4) is 0 Å². The summed E-state index contributed by atoms with van der Waals surface area (Å²) in [4.78, 5) is 26.2. The molecule has 0 aliphatic rings. The highest BCUT2D eigenvalue weighted by Crippen LogP contribution is 2.22. The molecule has 0 fully saturated rings. The molecule has 0 aromatic heterocycles. The Morgan fingerprint density at radius 2 is 1.48 bits per heavy atom. The summed E-state index contributed by atoms with van der Waals surface area (Å²) >= 11 is 0. The fraction of sp³-hybridized carbons (Fsp3) is 0.364. The average Bonchev–Trinajstić information content (AvgIpc) is 2.64. The van der Waals surface area contributed by atoms with Gasteiger partial charge in [0, 0.05) is 31.9 Å². The molecule has 2 aromatic rings. The molecule has 2 rings (SSSR count). The molecular formula is C22H29N3O2. The van der Waals surface area contributed by atoms with Crippen molar-refractivity contribution in [2.45, 2.75) is 32.7 Å². The van der Waals surface area contributed by atoms with Crippen LogP contribution in [0.5, 0.6) is 0 Å². The van der Waals surface area contributed by atoms with Gasteiger partial charge >= 0.3 is 0 Å². The number of benzene rings is 2. The Morgan fingerprint density at radius 3 is 2.00 bits per heavy atom. The van der Waals surface area contributed by atoms with E-state index < -0.39 is 0 Å². The van der Waals surface area contributed by atoms with Crippen LogP contribution in [0.1, 0.15) is 42.3 Å². The first-order valence-electron chi connectivity index (χ1n) is 9.08. The van der Waals surface area contributed by atoms with Crippen molar-refractivity contribution in [2.75, 3.05) is 25.5 Å². The number of nitrogens with zero attached hydrogens (tertiary/aromatic N) is 1. The molecule has 0 atom stereocenters. The third-order valence-electron chi connectivity index (χ3n) is 4.37. The van der Waals surface area contributed by atoms with Gasteiger partial charge in [-0.15, -0.1) is 0 Å². The summed E-state index contributed by atoms with van der Waals surface area (Å²) in [5, 5.41) is 5.48. The van der Waals surface area contributed by atoms with E-state index in [2.05, 4.69) is 31.4 Å². The van der Waals surface area contributed by atoms with Crippen LogP contribution in [0, 0.1) is 0 Å². The van der Waals surface area contributed by atoms with Gasteiger partial charge in [0.25, 0.3) is 5.91 Å². The van der Waals surface area contributed by atoms with Crippen LogP contribution in [0.25, 0.3) is 0 Å². The second kappa shape index (κ2) is 8.71. The van der Waals surface area contributed by atoms with Crippen LogP contribution in [-0.2, 0) is 16.8 Å². The number of hydrogen-bond donors (Lipinski definition) is 2. The zero-order valence-electron chi connectivity index (χ0n) is 16.8. The molecule has 144 valence electrons. The lowest BCUT2D eigenvalue weighted by atomic mass is 9.87. The van der Waals surface area contributed by atoms with Crippen LogP contribution < -0.4 is 15.5 Å². The number of rotatable bonds is 6. The minimum absolute atomic E-state index is 0.0413. The van der Waals surface area contributed by atoms with E-state index in [0.717, 1.165) is 16.8 Å². The number of carbonyl (C=O) groups is 2. The molecule has 27 heavy (non-hydrogen) atoms. The highest BCUT2D eigenvalue weighted by Gasteiger charge is 2.14. The molecule has 0 radical (unpaired) electrons. The van der Waals surface area contributed by atoms with Crippen molar-refractivity contribution in [1.29, 1.82) is 0 Å². The molecule has 0 saturated heterocycles. The Kier molecular flexibility index (Phi) is 6.61. The van der Waals surface area contributed by atoms with Gasteiger partial charge in [0.15, 0.2) is 0 Å². The molecule has 2 N–H and O–H groups in total. The second-order valence-electron chi connectivity index (χ2n) is 7.85. The summed E-state index contributed by atoms with van der Waals surface area (Å²) < 4.78 is 0. The predicted octanol–water partition coefficient (Wildman–Crippen LogP) is 3.10. The van der Waals surface area contributed by atoms with E-state index in [1.165, 1.54) is 0 Å². The van der Waals surface area contributed by atoms with E-state index in [1.807, 2.05) is 55.4 Å². The average molecular weight is 367 g/mol. The smallest absolute Gasteiger partial charge is 0.251 e. The van der Waals surface area contributed by atoms with E-state index in [9.17, 15) is 9.59 Å². The van der Waals surface area contributed by atoms with E-state index in [0.29, 0.717) is 12.1 Å². The van der Waals surface area contributed by atoms with Crippen molar-refractivity contribution >= 4 is 17.5 Å². The SMILES string of the molecule is CN(C)c1ccc(CNC(=O)CNC(=O)c2ccc(C(C)(C)C)cc2)cc1. The minimum atomic E-state index is -0.249. The normalized spacial score (nSPS) is 11.0. The number of carbonyl (C=O) groups excluding carboxylic acids is 2. The van der Waals surface area contributed by atoms with Crippen molar-refractivity contribution in [3.05, 3.63) is 65.2 Å². The number of amides is 2. The summed E-state index contributed by atoms with van der Waals surface area (Å²) in [6.45, 7) is 6.76. The highest BCUT2D eigenvalue weighted by atomic mass is 16.2. The largest absolute Gasteiger partial charge is 0.378 e. The molecule has 0 aliphatic heterocycles. The molecule has 0 saturated carbocycles.